The van der Waals surface area contributed by atoms with Crippen LogP contribution in [0.25, 0.3) is 11.1 Å². The Labute approximate surface area is 124 Å². The second-order valence-corrected chi connectivity index (χ2v) is 5.97. The lowest BCUT2D eigenvalue weighted by Crippen LogP contribution is -2.06. The van der Waals surface area contributed by atoms with E-state index in [9.17, 15) is 4.79 Å². The van der Waals surface area contributed by atoms with Crippen LogP contribution < -0.4 is 5.32 Å². The van der Waals surface area contributed by atoms with Crippen molar-refractivity contribution in [3.8, 4) is 11.1 Å². The van der Waals surface area contributed by atoms with Crippen molar-refractivity contribution in [2.45, 2.75) is 13.3 Å². The van der Waals surface area contributed by atoms with E-state index in [2.05, 4.69) is 33.4 Å². The Morgan fingerprint density at radius 3 is 2.68 bits per heavy atom. The van der Waals surface area contributed by atoms with Crippen molar-refractivity contribution < 1.29 is 4.79 Å². The quantitative estimate of drug-likeness (QED) is 0.689. The van der Waals surface area contributed by atoms with E-state index in [4.69, 9.17) is 11.6 Å². The number of amides is 1. The first-order valence-electron chi connectivity index (χ1n) is 5.93. The number of rotatable bonds is 1. The van der Waals surface area contributed by atoms with Crippen LogP contribution >= 0.6 is 27.5 Å². The van der Waals surface area contributed by atoms with Gasteiger partial charge in [0.1, 0.15) is 0 Å². The van der Waals surface area contributed by atoms with Gasteiger partial charge in [-0.1, -0.05) is 33.6 Å². The monoisotopic (exact) mass is 335 g/mol. The lowest BCUT2D eigenvalue weighted by atomic mass is 10.1. The number of fused-ring (bicyclic) bond motifs is 3. The van der Waals surface area contributed by atoms with Gasteiger partial charge in [-0.3, -0.25) is 4.79 Å². The second kappa shape index (κ2) is 4.66. The van der Waals surface area contributed by atoms with Crippen molar-refractivity contribution in [3.05, 3.63) is 51.0 Å². The summed E-state index contributed by atoms with van der Waals surface area (Å²) in [7, 11) is 0. The molecule has 96 valence electrons. The largest absolute Gasteiger partial charge is 0.325 e. The molecule has 1 aliphatic carbocycles. The standard InChI is InChI=1S/C15H11BrClNO/c1-8(19)18-15-6-10-4-9-5-11(16)2-3-12(9)13(10)7-14(15)17/h2-3,5-7H,4H2,1H3,(H,18,19). The van der Waals surface area contributed by atoms with Gasteiger partial charge in [-0.2, -0.15) is 0 Å². The number of carbonyl (C=O) groups is 1. The molecule has 2 aromatic carbocycles. The van der Waals surface area contributed by atoms with E-state index in [0.29, 0.717) is 10.7 Å². The Bertz CT molecular complexity index is 697. The normalized spacial score (nSPS) is 11.9. The van der Waals surface area contributed by atoms with E-state index >= 15 is 0 Å². The summed E-state index contributed by atoms with van der Waals surface area (Å²) in [5.41, 5.74) is 5.53. The van der Waals surface area contributed by atoms with Crippen molar-refractivity contribution in [1.82, 2.24) is 0 Å². The predicted octanol–water partition coefficient (Wildman–Crippen LogP) is 4.63. The van der Waals surface area contributed by atoms with Gasteiger partial charge in [0.25, 0.3) is 0 Å². The van der Waals surface area contributed by atoms with E-state index in [-0.39, 0.29) is 5.91 Å². The molecule has 19 heavy (non-hydrogen) atoms. The van der Waals surface area contributed by atoms with Crippen LogP contribution in [0.3, 0.4) is 0 Å². The summed E-state index contributed by atoms with van der Waals surface area (Å²) in [5.74, 6) is -0.111. The molecule has 0 aliphatic heterocycles. The zero-order valence-corrected chi connectivity index (χ0v) is 12.6. The summed E-state index contributed by atoms with van der Waals surface area (Å²) < 4.78 is 1.08. The number of halogens is 2. The fourth-order valence-corrected chi connectivity index (χ4v) is 3.10. The third-order valence-corrected chi connectivity index (χ3v) is 4.05. The lowest BCUT2D eigenvalue weighted by molar-refractivity contribution is -0.114. The molecule has 2 nitrogen and oxygen atoms in total. The first kappa shape index (κ1) is 12.7. The maximum atomic E-state index is 11.2. The summed E-state index contributed by atoms with van der Waals surface area (Å²) in [5, 5.41) is 3.33. The molecule has 0 atom stereocenters. The van der Waals surface area contributed by atoms with Gasteiger partial charge in [0.15, 0.2) is 0 Å². The Balaban J connectivity index is 2.10. The molecule has 0 saturated heterocycles. The van der Waals surface area contributed by atoms with Gasteiger partial charge in [0.2, 0.25) is 5.91 Å². The van der Waals surface area contributed by atoms with Crippen LogP contribution in [0.4, 0.5) is 5.69 Å². The highest BCUT2D eigenvalue weighted by Crippen LogP contribution is 2.41. The van der Waals surface area contributed by atoms with Gasteiger partial charge in [-0.15, -0.1) is 0 Å². The summed E-state index contributed by atoms with van der Waals surface area (Å²) in [6, 6.07) is 10.2. The van der Waals surface area contributed by atoms with Crippen molar-refractivity contribution in [3.63, 3.8) is 0 Å². The molecule has 0 fully saturated rings. The molecule has 0 unspecified atom stereocenters. The first-order valence-corrected chi connectivity index (χ1v) is 7.10. The van der Waals surface area contributed by atoms with Gasteiger partial charge >= 0.3 is 0 Å². The van der Waals surface area contributed by atoms with Gasteiger partial charge in [0, 0.05) is 11.4 Å². The molecule has 0 saturated carbocycles. The summed E-state index contributed by atoms with van der Waals surface area (Å²) in [6.07, 6.45) is 0.869. The van der Waals surface area contributed by atoms with Crippen molar-refractivity contribution in [2.24, 2.45) is 0 Å². The molecule has 0 aromatic heterocycles. The minimum Gasteiger partial charge on any atom is -0.325 e. The Kier molecular flexibility index (Phi) is 3.11. The van der Waals surface area contributed by atoms with Crippen LogP contribution in [-0.2, 0) is 11.2 Å². The molecule has 0 bridgehead atoms. The van der Waals surface area contributed by atoms with Gasteiger partial charge in [0.05, 0.1) is 10.7 Å². The Morgan fingerprint density at radius 1 is 1.21 bits per heavy atom. The minimum absolute atomic E-state index is 0.111. The number of carbonyl (C=O) groups excluding carboxylic acids is 1. The molecule has 1 amide bonds. The summed E-state index contributed by atoms with van der Waals surface area (Å²) in [4.78, 5) is 11.2. The predicted molar refractivity (Wildman–Crippen MR) is 81.7 cm³/mol. The van der Waals surface area contributed by atoms with Gasteiger partial charge < -0.3 is 5.32 Å². The van der Waals surface area contributed by atoms with E-state index in [1.165, 1.54) is 23.6 Å². The third kappa shape index (κ3) is 2.28. The van der Waals surface area contributed by atoms with Gasteiger partial charge in [-0.25, -0.2) is 0 Å². The van der Waals surface area contributed by atoms with Crippen LogP contribution in [0.15, 0.2) is 34.8 Å². The second-order valence-electron chi connectivity index (χ2n) is 4.65. The highest BCUT2D eigenvalue weighted by Gasteiger charge is 2.20. The van der Waals surface area contributed by atoms with Crippen LogP contribution in [0.2, 0.25) is 5.02 Å². The highest BCUT2D eigenvalue weighted by atomic mass is 79.9. The van der Waals surface area contributed by atoms with Crippen LogP contribution in [0.1, 0.15) is 18.1 Å². The topological polar surface area (TPSA) is 29.1 Å². The van der Waals surface area contributed by atoms with E-state index in [1.807, 2.05) is 18.2 Å². The molecule has 3 rings (SSSR count). The molecule has 0 spiro atoms. The number of benzene rings is 2. The zero-order chi connectivity index (χ0) is 13.6. The molecular formula is C15H11BrClNO. The Morgan fingerprint density at radius 2 is 1.95 bits per heavy atom. The van der Waals surface area contributed by atoms with Crippen LogP contribution in [0.5, 0.6) is 0 Å². The molecule has 2 aromatic rings. The molecule has 4 heteroatoms. The van der Waals surface area contributed by atoms with Gasteiger partial charge in [-0.05, 0) is 52.9 Å². The average molecular weight is 337 g/mol. The van der Waals surface area contributed by atoms with Crippen LogP contribution in [0, 0.1) is 0 Å². The van der Waals surface area contributed by atoms with E-state index in [1.54, 1.807) is 0 Å². The SMILES string of the molecule is CC(=O)Nc1cc2c(cc1Cl)-c1ccc(Br)cc1C2. The third-order valence-electron chi connectivity index (χ3n) is 3.24. The smallest absolute Gasteiger partial charge is 0.221 e. The van der Waals surface area contributed by atoms with Crippen LogP contribution in [-0.4, -0.2) is 5.91 Å². The van der Waals surface area contributed by atoms with Crippen molar-refractivity contribution in [2.75, 3.05) is 5.32 Å². The zero-order valence-electron chi connectivity index (χ0n) is 10.3. The average Bonchev–Trinajstić information content (AvgIpc) is 2.65. The maximum absolute atomic E-state index is 11.2. The lowest BCUT2D eigenvalue weighted by Gasteiger charge is -2.08. The number of nitrogens with one attached hydrogen (secondary N) is 1. The summed E-state index contributed by atoms with van der Waals surface area (Å²) >= 11 is 9.71. The minimum atomic E-state index is -0.111. The molecule has 0 radical (unpaired) electrons. The fourth-order valence-electron chi connectivity index (χ4n) is 2.48. The van der Waals surface area contributed by atoms with Crippen molar-refractivity contribution >= 4 is 39.1 Å². The molecule has 0 heterocycles. The molecular weight excluding hydrogens is 326 g/mol. The molecule has 1 N–H and O–H groups in total. The number of anilines is 1. The molecule has 1 aliphatic rings. The number of hydrogen-bond donors (Lipinski definition) is 1. The highest BCUT2D eigenvalue weighted by molar-refractivity contribution is 9.10. The van der Waals surface area contributed by atoms with E-state index < -0.39 is 0 Å². The van der Waals surface area contributed by atoms with E-state index in [0.717, 1.165) is 16.5 Å². The fraction of sp³-hybridized carbons (Fsp3) is 0.133. The number of hydrogen-bond acceptors (Lipinski definition) is 1. The van der Waals surface area contributed by atoms with Crippen molar-refractivity contribution in [1.29, 1.82) is 0 Å². The first-order chi connectivity index (χ1) is 9.04. The summed E-state index contributed by atoms with van der Waals surface area (Å²) in [6.45, 7) is 1.48. The Hall–Kier alpha value is -1.32. The maximum Gasteiger partial charge on any atom is 0.221 e.